The molecule has 0 saturated carbocycles. The lowest BCUT2D eigenvalue weighted by atomic mass is 10.0. The lowest BCUT2D eigenvalue weighted by Crippen LogP contribution is -2.37. The highest BCUT2D eigenvalue weighted by Crippen LogP contribution is 2.27. The molecule has 1 atom stereocenters. The van der Waals surface area contributed by atoms with Gasteiger partial charge in [-0.1, -0.05) is 66.7 Å². The Morgan fingerprint density at radius 3 is 2.48 bits per heavy atom. The summed E-state index contributed by atoms with van der Waals surface area (Å²) in [7, 11) is 0. The van der Waals surface area contributed by atoms with Crippen LogP contribution < -0.4 is 10.7 Å². The molecule has 5 nitrogen and oxygen atoms in total. The Labute approximate surface area is 192 Å². The molecule has 5 heteroatoms. The Balaban J connectivity index is 1.40. The molecule has 4 aromatic rings. The topological polar surface area (TPSA) is 62.6 Å². The first kappa shape index (κ1) is 21.2. The summed E-state index contributed by atoms with van der Waals surface area (Å²) < 4.78 is 6.21. The van der Waals surface area contributed by atoms with Crippen molar-refractivity contribution in [3.05, 3.63) is 106 Å². The van der Waals surface area contributed by atoms with Crippen LogP contribution in [0.4, 0.5) is 0 Å². The number of amides is 1. The maximum atomic E-state index is 13.2. The van der Waals surface area contributed by atoms with Gasteiger partial charge in [0.2, 0.25) is 0 Å². The minimum absolute atomic E-state index is 0.0576. The molecule has 1 N–H and O–H groups in total. The van der Waals surface area contributed by atoms with Gasteiger partial charge >= 0.3 is 0 Å². The van der Waals surface area contributed by atoms with Crippen molar-refractivity contribution >= 4 is 16.9 Å². The van der Waals surface area contributed by atoms with Crippen LogP contribution in [0.2, 0.25) is 0 Å². The van der Waals surface area contributed by atoms with Crippen LogP contribution in [0.1, 0.15) is 27.9 Å². The molecule has 3 aromatic carbocycles. The van der Waals surface area contributed by atoms with Crippen LogP contribution in [0.25, 0.3) is 22.3 Å². The predicted octanol–water partition coefficient (Wildman–Crippen LogP) is 4.77. The average Bonchev–Trinajstić information content (AvgIpc) is 3.28. The molecule has 1 saturated heterocycles. The van der Waals surface area contributed by atoms with Gasteiger partial charge < -0.3 is 9.73 Å². The lowest BCUT2D eigenvalue weighted by Gasteiger charge is -2.17. The smallest absolute Gasteiger partial charge is 0.255 e. The van der Waals surface area contributed by atoms with Gasteiger partial charge in [0.05, 0.1) is 10.9 Å². The molecule has 0 aliphatic carbocycles. The quantitative estimate of drug-likeness (QED) is 0.487. The van der Waals surface area contributed by atoms with Gasteiger partial charge in [-0.15, -0.1) is 0 Å². The van der Waals surface area contributed by atoms with Gasteiger partial charge in [-0.2, -0.15) is 0 Å². The van der Waals surface area contributed by atoms with Crippen molar-refractivity contribution in [1.82, 2.24) is 10.2 Å². The second-order valence-corrected chi connectivity index (χ2v) is 8.61. The van der Waals surface area contributed by atoms with E-state index in [1.54, 1.807) is 25.1 Å². The van der Waals surface area contributed by atoms with E-state index in [2.05, 4.69) is 22.3 Å². The van der Waals surface area contributed by atoms with E-state index in [1.165, 1.54) is 5.56 Å². The number of carbonyl (C=O) groups excluding carboxylic acids is 1. The number of likely N-dealkylation sites (tertiary alicyclic amines) is 1. The molecule has 1 amide bonds. The minimum Gasteiger partial charge on any atom is -0.455 e. The number of hydrogen-bond acceptors (Lipinski definition) is 4. The zero-order valence-corrected chi connectivity index (χ0v) is 18.6. The first-order valence-electron chi connectivity index (χ1n) is 11.3. The molecule has 5 rings (SSSR count). The van der Waals surface area contributed by atoms with E-state index in [0.717, 1.165) is 31.6 Å². The molecule has 0 bridgehead atoms. The van der Waals surface area contributed by atoms with Gasteiger partial charge in [-0.25, -0.2) is 0 Å². The second-order valence-electron chi connectivity index (χ2n) is 8.61. The third-order valence-electron chi connectivity index (χ3n) is 6.28. The molecule has 33 heavy (non-hydrogen) atoms. The minimum atomic E-state index is -0.210. The fourth-order valence-corrected chi connectivity index (χ4v) is 4.55. The number of carbonyl (C=O) groups is 1. The first-order valence-corrected chi connectivity index (χ1v) is 11.3. The summed E-state index contributed by atoms with van der Waals surface area (Å²) in [5.74, 6) is 0.293. The van der Waals surface area contributed by atoms with E-state index in [9.17, 15) is 9.59 Å². The van der Waals surface area contributed by atoms with E-state index in [4.69, 9.17) is 4.42 Å². The molecule has 166 valence electrons. The Morgan fingerprint density at radius 2 is 1.73 bits per heavy atom. The van der Waals surface area contributed by atoms with Crippen LogP contribution >= 0.6 is 0 Å². The lowest BCUT2D eigenvalue weighted by molar-refractivity contribution is 0.0938. The number of hydrogen-bond donors (Lipinski definition) is 1. The van der Waals surface area contributed by atoms with Crippen molar-refractivity contribution in [2.75, 3.05) is 13.1 Å². The van der Waals surface area contributed by atoms with Gasteiger partial charge in [-0.05, 0) is 31.0 Å². The van der Waals surface area contributed by atoms with Gasteiger partial charge in [0.25, 0.3) is 5.91 Å². The predicted molar refractivity (Wildman–Crippen MR) is 130 cm³/mol. The highest BCUT2D eigenvalue weighted by atomic mass is 16.3. The van der Waals surface area contributed by atoms with Gasteiger partial charge in [0, 0.05) is 36.8 Å². The zero-order chi connectivity index (χ0) is 22.8. The van der Waals surface area contributed by atoms with Crippen LogP contribution in [0.3, 0.4) is 0 Å². The number of nitrogens with one attached hydrogen (secondary N) is 1. The molecule has 0 unspecified atom stereocenters. The average molecular weight is 439 g/mol. The Bertz CT molecular complexity index is 1350. The number of benzene rings is 3. The van der Waals surface area contributed by atoms with E-state index in [0.29, 0.717) is 27.9 Å². The fourth-order valence-electron chi connectivity index (χ4n) is 4.55. The van der Waals surface area contributed by atoms with E-state index in [1.807, 2.05) is 48.5 Å². The Morgan fingerprint density at radius 1 is 1.00 bits per heavy atom. The molecule has 1 aromatic heterocycles. The Hall–Kier alpha value is -3.70. The standard InChI is InChI=1S/C28H26N2O3/c1-19-25(31)23-13-8-14-24(27(23)33-26(19)21-11-6-3-7-12-21)28(32)29-22-15-16-30(18-22)17-20-9-4-2-5-10-20/h2-14,22H,15-18H2,1H3,(H,29,32)/t22-/m1/s1. The van der Waals surface area contributed by atoms with E-state index in [-0.39, 0.29) is 17.4 Å². The Kier molecular flexibility index (Phi) is 5.80. The highest BCUT2D eigenvalue weighted by molar-refractivity contribution is 6.05. The van der Waals surface area contributed by atoms with Gasteiger partial charge in [0.1, 0.15) is 5.76 Å². The monoisotopic (exact) mass is 438 g/mol. The van der Waals surface area contributed by atoms with Crippen molar-refractivity contribution in [3.63, 3.8) is 0 Å². The van der Waals surface area contributed by atoms with Crippen molar-refractivity contribution in [2.24, 2.45) is 0 Å². The molecular formula is C28H26N2O3. The highest BCUT2D eigenvalue weighted by Gasteiger charge is 2.26. The summed E-state index contributed by atoms with van der Waals surface area (Å²) >= 11 is 0. The largest absolute Gasteiger partial charge is 0.455 e. The van der Waals surface area contributed by atoms with Crippen molar-refractivity contribution < 1.29 is 9.21 Å². The molecule has 1 fully saturated rings. The van der Waals surface area contributed by atoms with Gasteiger partial charge in [-0.3, -0.25) is 14.5 Å². The summed E-state index contributed by atoms with van der Waals surface area (Å²) in [5.41, 5.74) is 3.24. The van der Waals surface area contributed by atoms with Crippen molar-refractivity contribution in [3.8, 4) is 11.3 Å². The maximum absolute atomic E-state index is 13.2. The summed E-state index contributed by atoms with van der Waals surface area (Å²) in [6.45, 7) is 4.36. The van der Waals surface area contributed by atoms with Crippen LogP contribution in [-0.4, -0.2) is 29.9 Å². The molecule has 0 spiro atoms. The van der Waals surface area contributed by atoms with Crippen molar-refractivity contribution in [1.29, 1.82) is 0 Å². The maximum Gasteiger partial charge on any atom is 0.255 e. The molecular weight excluding hydrogens is 412 g/mol. The van der Waals surface area contributed by atoms with E-state index >= 15 is 0 Å². The third-order valence-corrected chi connectivity index (χ3v) is 6.28. The summed E-state index contributed by atoms with van der Waals surface area (Å²) in [5, 5.41) is 3.58. The van der Waals surface area contributed by atoms with Gasteiger partial charge in [0.15, 0.2) is 11.0 Å². The summed E-state index contributed by atoms with van der Waals surface area (Å²) in [4.78, 5) is 28.6. The summed E-state index contributed by atoms with van der Waals surface area (Å²) in [6, 6.07) is 25.1. The van der Waals surface area contributed by atoms with Crippen molar-refractivity contribution in [2.45, 2.75) is 25.9 Å². The van der Waals surface area contributed by atoms with Crippen LogP contribution in [0.15, 0.2) is 88.1 Å². The zero-order valence-electron chi connectivity index (χ0n) is 18.6. The van der Waals surface area contributed by atoms with E-state index < -0.39 is 0 Å². The van der Waals surface area contributed by atoms with Crippen LogP contribution in [0, 0.1) is 6.92 Å². The summed E-state index contributed by atoms with van der Waals surface area (Å²) in [6.07, 6.45) is 0.891. The number of nitrogens with zero attached hydrogens (tertiary/aromatic N) is 1. The first-order chi connectivity index (χ1) is 16.1. The molecule has 1 aliphatic heterocycles. The second kappa shape index (κ2) is 9.04. The molecule has 2 heterocycles. The normalized spacial score (nSPS) is 16.2. The number of rotatable bonds is 5. The number of fused-ring (bicyclic) bond motifs is 1. The van der Waals surface area contributed by atoms with Crippen LogP contribution in [-0.2, 0) is 6.54 Å². The fraction of sp³-hybridized carbons (Fsp3) is 0.214. The number of para-hydroxylation sites is 1. The molecule has 1 aliphatic rings. The third kappa shape index (κ3) is 4.32. The van der Waals surface area contributed by atoms with Crippen LogP contribution in [0.5, 0.6) is 0 Å². The SMILES string of the molecule is Cc1c(-c2ccccc2)oc2c(C(=O)N[C@@H]3CCN(Cc4ccccc4)C3)cccc2c1=O. The molecule has 0 radical (unpaired) electrons.